The molecule has 5 nitrogen and oxygen atoms in total. The summed E-state index contributed by atoms with van der Waals surface area (Å²) in [5.41, 5.74) is 2.79. The van der Waals surface area contributed by atoms with E-state index in [4.69, 9.17) is 4.74 Å². The van der Waals surface area contributed by atoms with Crippen LogP contribution >= 0.6 is 11.3 Å². The second kappa shape index (κ2) is 6.25. The van der Waals surface area contributed by atoms with Crippen LogP contribution in [0.3, 0.4) is 0 Å². The Bertz CT molecular complexity index is 959. The van der Waals surface area contributed by atoms with Crippen molar-refractivity contribution in [2.75, 3.05) is 0 Å². The molecule has 0 fully saturated rings. The van der Waals surface area contributed by atoms with Crippen molar-refractivity contribution in [1.29, 1.82) is 0 Å². The maximum absolute atomic E-state index is 12.1. The van der Waals surface area contributed by atoms with E-state index in [0.29, 0.717) is 11.3 Å². The van der Waals surface area contributed by atoms with E-state index in [-0.39, 0.29) is 6.61 Å². The number of thiazole rings is 1. The number of nitrogens with zero attached hydrogens (tertiary/aromatic N) is 3. The predicted molar refractivity (Wildman–Crippen MR) is 91.9 cm³/mol. The Morgan fingerprint density at radius 2 is 1.92 bits per heavy atom. The molecule has 4 rings (SSSR count). The lowest BCUT2D eigenvalue weighted by molar-refractivity contribution is 0.0462. The number of pyridine rings is 1. The normalized spacial score (nSPS) is 10.8. The van der Waals surface area contributed by atoms with Crippen molar-refractivity contribution >= 4 is 23.0 Å². The molecule has 0 spiro atoms. The summed E-state index contributed by atoms with van der Waals surface area (Å²) >= 11 is 1.53. The van der Waals surface area contributed by atoms with Crippen molar-refractivity contribution in [2.45, 2.75) is 6.61 Å². The molecular formula is C18H13N3O2S. The summed E-state index contributed by atoms with van der Waals surface area (Å²) in [7, 11) is 0. The van der Waals surface area contributed by atoms with Crippen molar-refractivity contribution in [3.05, 3.63) is 77.7 Å². The average molecular weight is 335 g/mol. The average Bonchev–Trinajstić information content (AvgIpc) is 3.27. The Balaban J connectivity index is 1.45. The zero-order valence-corrected chi connectivity index (χ0v) is 13.4. The van der Waals surface area contributed by atoms with E-state index in [1.165, 1.54) is 11.3 Å². The van der Waals surface area contributed by atoms with Gasteiger partial charge in [-0.3, -0.25) is 0 Å². The smallest absolute Gasteiger partial charge is 0.358 e. The molecule has 0 N–H and O–H groups in total. The molecule has 4 aromatic rings. The topological polar surface area (TPSA) is 56.5 Å². The lowest BCUT2D eigenvalue weighted by atomic mass is 10.2. The van der Waals surface area contributed by atoms with Crippen molar-refractivity contribution in [2.24, 2.45) is 0 Å². The molecule has 0 aliphatic rings. The van der Waals surface area contributed by atoms with Gasteiger partial charge in [-0.1, -0.05) is 36.4 Å². The molecule has 3 heterocycles. The maximum atomic E-state index is 12.1. The van der Waals surface area contributed by atoms with Gasteiger partial charge in [0.25, 0.3) is 0 Å². The third kappa shape index (κ3) is 2.91. The maximum Gasteiger partial charge on any atom is 0.358 e. The van der Waals surface area contributed by atoms with Gasteiger partial charge in [0.2, 0.25) is 0 Å². The molecule has 118 valence electrons. The van der Waals surface area contributed by atoms with Crippen LogP contribution in [-0.2, 0) is 11.3 Å². The number of fused-ring (bicyclic) bond motifs is 1. The van der Waals surface area contributed by atoms with Gasteiger partial charge in [0.15, 0.2) is 5.69 Å². The highest BCUT2D eigenvalue weighted by Gasteiger charge is 2.13. The van der Waals surface area contributed by atoms with Gasteiger partial charge in [-0.2, -0.15) is 0 Å². The van der Waals surface area contributed by atoms with Crippen LogP contribution in [0.1, 0.15) is 16.2 Å². The van der Waals surface area contributed by atoms with Gasteiger partial charge in [0, 0.05) is 23.3 Å². The van der Waals surface area contributed by atoms with Gasteiger partial charge in [-0.25, -0.2) is 14.8 Å². The van der Waals surface area contributed by atoms with Crippen LogP contribution in [0.2, 0.25) is 0 Å². The minimum atomic E-state index is -0.451. The van der Waals surface area contributed by atoms with Gasteiger partial charge in [0.1, 0.15) is 17.3 Å². The number of rotatable bonds is 4. The Morgan fingerprint density at radius 1 is 1.08 bits per heavy atom. The summed E-state index contributed by atoms with van der Waals surface area (Å²) in [6.45, 7) is 0.135. The highest BCUT2D eigenvalue weighted by molar-refractivity contribution is 7.13. The quantitative estimate of drug-likeness (QED) is 0.532. The summed E-state index contributed by atoms with van der Waals surface area (Å²) in [5.74, 6) is -0.451. The number of carbonyl (C=O) groups is 1. The largest absolute Gasteiger partial charge is 0.454 e. The summed E-state index contributed by atoms with van der Waals surface area (Å²) in [5, 5.41) is 2.81. The van der Waals surface area contributed by atoms with E-state index >= 15 is 0 Å². The molecule has 1 aromatic carbocycles. The van der Waals surface area contributed by atoms with E-state index in [1.54, 1.807) is 10.6 Å². The first-order chi connectivity index (χ1) is 11.8. The Morgan fingerprint density at radius 3 is 2.75 bits per heavy atom. The fraction of sp³-hybridized carbons (Fsp3) is 0.0556. The summed E-state index contributed by atoms with van der Waals surface area (Å²) in [6.07, 6.45) is 3.50. The summed E-state index contributed by atoms with van der Waals surface area (Å²) < 4.78 is 7.11. The molecule has 0 saturated heterocycles. The zero-order valence-electron chi connectivity index (χ0n) is 12.6. The molecule has 3 aromatic heterocycles. The number of imidazole rings is 1. The number of carbonyl (C=O) groups excluding carboxylic acids is 1. The number of benzene rings is 1. The molecule has 24 heavy (non-hydrogen) atoms. The third-order valence-electron chi connectivity index (χ3n) is 3.50. The highest BCUT2D eigenvalue weighted by atomic mass is 32.1. The minimum Gasteiger partial charge on any atom is -0.454 e. The SMILES string of the molecule is O=C(OCc1csc(-c2ccccc2)n1)c1cn2ccccc2n1. The van der Waals surface area contributed by atoms with E-state index < -0.39 is 5.97 Å². The molecular weight excluding hydrogens is 322 g/mol. The summed E-state index contributed by atoms with van der Waals surface area (Å²) in [6, 6.07) is 15.5. The monoisotopic (exact) mass is 335 g/mol. The number of hydrogen-bond donors (Lipinski definition) is 0. The van der Waals surface area contributed by atoms with E-state index in [0.717, 1.165) is 16.3 Å². The molecule has 0 bridgehead atoms. The van der Waals surface area contributed by atoms with Crippen LogP contribution in [0.15, 0.2) is 66.3 Å². The lowest BCUT2D eigenvalue weighted by Crippen LogP contribution is -2.05. The fourth-order valence-electron chi connectivity index (χ4n) is 2.33. The van der Waals surface area contributed by atoms with Crippen LogP contribution in [-0.4, -0.2) is 20.3 Å². The first-order valence-electron chi connectivity index (χ1n) is 7.40. The standard InChI is InChI=1S/C18H13N3O2S/c22-18(15-10-21-9-5-4-8-16(21)20-15)23-11-14-12-24-17(19-14)13-6-2-1-3-7-13/h1-10,12H,11H2. The number of ether oxygens (including phenoxy) is 1. The van der Waals surface area contributed by atoms with Gasteiger partial charge in [-0.05, 0) is 12.1 Å². The van der Waals surface area contributed by atoms with Crippen LogP contribution < -0.4 is 0 Å². The van der Waals surface area contributed by atoms with Crippen LogP contribution in [0.4, 0.5) is 0 Å². The van der Waals surface area contributed by atoms with Gasteiger partial charge in [-0.15, -0.1) is 11.3 Å². The predicted octanol–water partition coefficient (Wildman–Crippen LogP) is 3.81. The van der Waals surface area contributed by atoms with Crippen LogP contribution in [0.25, 0.3) is 16.2 Å². The van der Waals surface area contributed by atoms with Crippen molar-refractivity contribution in [3.63, 3.8) is 0 Å². The molecule has 0 atom stereocenters. The second-order valence-electron chi connectivity index (χ2n) is 5.18. The van der Waals surface area contributed by atoms with E-state index in [1.807, 2.05) is 60.1 Å². The summed E-state index contributed by atoms with van der Waals surface area (Å²) in [4.78, 5) is 20.9. The van der Waals surface area contributed by atoms with Crippen molar-refractivity contribution in [3.8, 4) is 10.6 Å². The van der Waals surface area contributed by atoms with Crippen molar-refractivity contribution < 1.29 is 9.53 Å². The lowest BCUT2D eigenvalue weighted by Gasteiger charge is -1.99. The Kier molecular flexibility index (Phi) is 3.80. The highest BCUT2D eigenvalue weighted by Crippen LogP contribution is 2.23. The minimum absolute atomic E-state index is 0.135. The number of esters is 1. The number of aromatic nitrogens is 3. The molecule has 0 saturated carbocycles. The molecule has 0 radical (unpaired) electrons. The van der Waals surface area contributed by atoms with Crippen molar-refractivity contribution in [1.82, 2.24) is 14.4 Å². The Labute approximate surface area is 142 Å². The molecule has 6 heteroatoms. The van der Waals surface area contributed by atoms with E-state index in [2.05, 4.69) is 9.97 Å². The fourth-order valence-corrected chi connectivity index (χ4v) is 3.14. The Hall–Kier alpha value is -2.99. The molecule has 0 aliphatic heterocycles. The molecule has 0 unspecified atom stereocenters. The van der Waals surface area contributed by atoms with Gasteiger partial charge in [0.05, 0.1) is 5.69 Å². The number of hydrogen-bond acceptors (Lipinski definition) is 5. The van der Waals surface area contributed by atoms with E-state index in [9.17, 15) is 4.79 Å². The first kappa shape index (κ1) is 14.6. The zero-order chi connectivity index (χ0) is 16.4. The second-order valence-corrected chi connectivity index (χ2v) is 6.04. The van der Waals surface area contributed by atoms with Gasteiger partial charge >= 0.3 is 5.97 Å². The van der Waals surface area contributed by atoms with Gasteiger partial charge < -0.3 is 9.14 Å². The molecule has 0 aliphatic carbocycles. The van der Waals surface area contributed by atoms with Crippen LogP contribution in [0.5, 0.6) is 0 Å². The third-order valence-corrected chi connectivity index (χ3v) is 4.44. The van der Waals surface area contributed by atoms with Crippen LogP contribution in [0, 0.1) is 0 Å². The first-order valence-corrected chi connectivity index (χ1v) is 8.28. The molecule has 0 amide bonds.